The highest BCUT2D eigenvalue weighted by molar-refractivity contribution is 6.10. The van der Waals surface area contributed by atoms with Gasteiger partial charge in [-0.1, -0.05) is 176 Å². The maximum Gasteiger partial charge on any atom is 0.0726 e. The summed E-state index contributed by atoms with van der Waals surface area (Å²) in [5.74, 6) is 0. The minimum absolute atomic E-state index is 0.359. The Kier molecular flexibility index (Phi) is 7.85. The predicted molar refractivity (Wildman–Crippen MR) is 263 cm³/mol. The molecule has 0 amide bonds. The van der Waals surface area contributed by atoms with E-state index in [9.17, 15) is 0 Å². The minimum Gasteiger partial charge on any atom is -0.356 e. The molecule has 2 aliphatic carbocycles. The molecule has 0 radical (unpaired) electrons. The highest BCUT2D eigenvalue weighted by atomic mass is 15.0. The largest absolute Gasteiger partial charge is 0.356 e. The van der Waals surface area contributed by atoms with Gasteiger partial charge < -0.3 is 9.88 Å². The van der Waals surface area contributed by atoms with Crippen LogP contribution in [0.3, 0.4) is 0 Å². The first kappa shape index (κ1) is 35.5. The molecule has 11 aromatic rings. The van der Waals surface area contributed by atoms with Crippen molar-refractivity contribution in [2.24, 2.45) is 0 Å². The molecule has 0 fully saturated rings. The lowest BCUT2D eigenvalue weighted by molar-refractivity contribution is 0.794. The molecule has 13 rings (SSSR count). The number of para-hydroxylation sites is 1. The van der Waals surface area contributed by atoms with Crippen LogP contribution in [0.5, 0.6) is 0 Å². The number of nitrogens with zero attached hydrogens (tertiary/aromatic N) is 1. The summed E-state index contributed by atoms with van der Waals surface area (Å²) in [5.41, 5.74) is 23.2. The van der Waals surface area contributed by atoms with Crippen molar-refractivity contribution < 1.29 is 0 Å². The summed E-state index contributed by atoms with van der Waals surface area (Å²) in [6.07, 6.45) is 0. The summed E-state index contributed by atoms with van der Waals surface area (Å²) in [6, 6.07) is 86.8. The lowest BCUT2D eigenvalue weighted by atomic mass is 9.70. The monoisotopic (exact) mass is 800 g/mol. The van der Waals surface area contributed by atoms with Crippen LogP contribution in [0.4, 0.5) is 11.4 Å². The normalized spacial score (nSPS) is 12.9. The van der Waals surface area contributed by atoms with Crippen molar-refractivity contribution >= 4 is 33.2 Å². The Bertz CT molecular complexity index is 3510. The molecule has 2 aliphatic rings. The van der Waals surface area contributed by atoms with Gasteiger partial charge in [0.1, 0.15) is 0 Å². The summed E-state index contributed by atoms with van der Waals surface area (Å²) >= 11 is 0. The molecule has 1 aromatic heterocycles. The van der Waals surface area contributed by atoms with Gasteiger partial charge in [0.05, 0.1) is 16.4 Å². The second-order valence-corrected chi connectivity index (χ2v) is 16.9. The number of hydrogen-bond donors (Lipinski definition) is 1. The first-order valence-corrected chi connectivity index (χ1v) is 21.8. The van der Waals surface area contributed by atoms with Gasteiger partial charge in [0.2, 0.25) is 0 Å². The summed E-state index contributed by atoms with van der Waals surface area (Å²) < 4.78 is 2.39. The van der Waals surface area contributed by atoms with E-state index >= 15 is 0 Å². The lowest BCUT2D eigenvalue weighted by Crippen LogP contribution is -2.25. The lowest BCUT2D eigenvalue weighted by Gasteiger charge is -2.30. The predicted octanol–water partition coefficient (Wildman–Crippen LogP) is 15.9. The van der Waals surface area contributed by atoms with Crippen LogP contribution < -0.4 is 5.32 Å². The zero-order valence-electron chi connectivity index (χ0n) is 34.5. The molecule has 2 nitrogen and oxygen atoms in total. The summed E-state index contributed by atoms with van der Waals surface area (Å²) in [4.78, 5) is 0. The molecule has 0 unspecified atom stereocenters. The van der Waals surface area contributed by atoms with E-state index in [0.717, 1.165) is 17.1 Å². The van der Waals surface area contributed by atoms with Gasteiger partial charge in [-0.15, -0.1) is 0 Å². The number of fused-ring (bicyclic) bond motifs is 13. The summed E-state index contributed by atoms with van der Waals surface area (Å²) in [5, 5.41) is 6.28. The van der Waals surface area contributed by atoms with Crippen LogP contribution >= 0.6 is 0 Å². The van der Waals surface area contributed by atoms with Crippen LogP contribution in [0.25, 0.3) is 83.1 Å². The number of aromatic nitrogens is 1. The number of benzene rings is 10. The zero-order valence-corrected chi connectivity index (χ0v) is 34.5. The molecule has 0 saturated carbocycles. The van der Waals surface area contributed by atoms with Crippen molar-refractivity contribution in [1.29, 1.82) is 0 Å². The van der Waals surface area contributed by atoms with Crippen molar-refractivity contribution in [2.75, 3.05) is 5.32 Å². The average molecular weight is 801 g/mol. The molecule has 0 bridgehead atoms. The van der Waals surface area contributed by atoms with Crippen LogP contribution in [0.1, 0.15) is 22.3 Å². The van der Waals surface area contributed by atoms with E-state index in [4.69, 9.17) is 0 Å². The Balaban J connectivity index is 0.813. The molecule has 63 heavy (non-hydrogen) atoms. The highest BCUT2D eigenvalue weighted by Crippen LogP contribution is 2.63. The first-order valence-electron chi connectivity index (χ1n) is 21.8. The van der Waals surface area contributed by atoms with Crippen molar-refractivity contribution in [3.8, 4) is 61.3 Å². The van der Waals surface area contributed by atoms with Crippen LogP contribution in [0.15, 0.2) is 237 Å². The minimum atomic E-state index is -0.359. The molecule has 2 heteroatoms. The topological polar surface area (TPSA) is 17.0 Å². The van der Waals surface area contributed by atoms with E-state index < -0.39 is 0 Å². The Morgan fingerprint density at radius 3 is 1.46 bits per heavy atom. The van der Waals surface area contributed by atoms with Gasteiger partial charge >= 0.3 is 0 Å². The number of rotatable bonds is 6. The maximum atomic E-state index is 3.78. The summed E-state index contributed by atoms with van der Waals surface area (Å²) in [7, 11) is 0. The van der Waals surface area contributed by atoms with Crippen LogP contribution in [0.2, 0.25) is 0 Å². The Morgan fingerprint density at radius 1 is 0.286 bits per heavy atom. The second kappa shape index (κ2) is 13.9. The molecule has 1 spiro atoms. The average Bonchev–Trinajstić information content (AvgIpc) is 3.96. The van der Waals surface area contributed by atoms with Gasteiger partial charge in [-0.05, 0) is 139 Å². The number of nitrogens with one attached hydrogen (secondary N) is 1. The standard InChI is InChI=1S/C61H40N2/c1-2-13-40(14-3-1)41-27-33-48(34-28-41)63-59-24-11-7-20-53(59)54-38-45(29-36-60(54)63)44-16-12-15-43(37-44)42-25-30-46(31-26-42)62-47-32-35-52-51-19-6-10-23-57(51)61(58(52)39-47)55-21-8-4-17-49(55)50-18-5-9-22-56(50)61/h1-39,62H. The fourth-order valence-corrected chi connectivity index (χ4v) is 10.8. The first-order chi connectivity index (χ1) is 31.2. The zero-order chi connectivity index (χ0) is 41.5. The highest BCUT2D eigenvalue weighted by Gasteiger charge is 2.51. The fraction of sp³-hybridized carbons (Fsp3) is 0.0164. The van der Waals surface area contributed by atoms with Crippen molar-refractivity contribution in [2.45, 2.75) is 5.41 Å². The van der Waals surface area contributed by atoms with E-state index in [1.54, 1.807) is 0 Å². The number of hydrogen-bond acceptors (Lipinski definition) is 1. The Hall–Kier alpha value is -8.20. The molecule has 0 aliphatic heterocycles. The Morgan fingerprint density at radius 2 is 0.762 bits per heavy atom. The fourth-order valence-electron chi connectivity index (χ4n) is 10.8. The Labute approximate surface area is 367 Å². The van der Waals surface area contributed by atoms with E-state index in [1.807, 2.05) is 0 Å². The molecule has 1 N–H and O–H groups in total. The molecular formula is C61H40N2. The second-order valence-electron chi connectivity index (χ2n) is 16.9. The third kappa shape index (κ3) is 5.38. The molecule has 0 atom stereocenters. The van der Waals surface area contributed by atoms with Crippen molar-refractivity contribution in [3.63, 3.8) is 0 Å². The van der Waals surface area contributed by atoms with Gasteiger partial charge in [0, 0.05) is 27.8 Å². The van der Waals surface area contributed by atoms with E-state index in [1.165, 1.54) is 99.7 Å². The maximum absolute atomic E-state index is 3.78. The smallest absolute Gasteiger partial charge is 0.0726 e. The van der Waals surface area contributed by atoms with E-state index in [0.29, 0.717) is 0 Å². The summed E-state index contributed by atoms with van der Waals surface area (Å²) in [6.45, 7) is 0. The van der Waals surface area contributed by atoms with Crippen LogP contribution in [0, 0.1) is 0 Å². The molecule has 294 valence electrons. The van der Waals surface area contributed by atoms with Crippen LogP contribution in [-0.4, -0.2) is 4.57 Å². The van der Waals surface area contributed by atoms with Gasteiger partial charge in [-0.25, -0.2) is 0 Å². The molecule has 0 saturated heterocycles. The molecule has 10 aromatic carbocycles. The van der Waals surface area contributed by atoms with Crippen molar-refractivity contribution in [1.82, 2.24) is 4.57 Å². The SMILES string of the molecule is c1ccc(-c2ccc(-n3c4ccccc4c4cc(-c5cccc(-c6ccc(Nc7ccc8c(c7)C7(c9ccccc9-c9ccccc97)c7ccccc7-8)cc6)c5)ccc43)cc2)cc1. The third-order valence-corrected chi connectivity index (χ3v) is 13.6. The van der Waals surface area contributed by atoms with Gasteiger partial charge in [0.25, 0.3) is 0 Å². The van der Waals surface area contributed by atoms with Gasteiger partial charge in [-0.3, -0.25) is 0 Å². The van der Waals surface area contributed by atoms with E-state index in [-0.39, 0.29) is 5.41 Å². The van der Waals surface area contributed by atoms with Crippen molar-refractivity contribution in [3.05, 3.63) is 259 Å². The van der Waals surface area contributed by atoms with Crippen LogP contribution in [-0.2, 0) is 5.41 Å². The van der Waals surface area contributed by atoms with Gasteiger partial charge in [0.15, 0.2) is 0 Å². The quantitative estimate of drug-likeness (QED) is 0.177. The molecule has 1 heterocycles. The van der Waals surface area contributed by atoms with E-state index in [2.05, 4.69) is 246 Å². The molecular weight excluding hydrogens is 761 g/mol. The third-order valence-electron chi connectivity index (χ3n) is 13.6. The number of anilines is 2. The van der Waals surface area contributed by atoms with Gasteiger partial charge in [-0.2, -0.15) is 0 Å².